The van der Waals surface area contributed by atoms with Crippen LogP contribution in [0.2, 0.25) is 0 Å². The molecule has 0 heterocycles. The summed E-state index contributed by atoms with van der Waals surface area (Å²) in [5.74, 6) is 0.532. The Hall–Kier alpha value is -2.98. The minimum atomic E-state index is -1.06. The number of para-hydroxylation sites is 1. The zero-order valence-electron chi connectivity index (χ0n) is 24.7. The SMILES string of the molecule is CCOP(OCC)OCC.Cc1ccc(N(c2ccccc2)c2ccc(/C=C/c3cccc(CCl)c3)cc2)c(C)c1. The van der Waals surface area contributed by atoms with Crippen LogP contribution in [0.1, 0.15) is 48.6 Å². The molecule has 4 aromatic rings. The van der Waals surface area contributed by atoms with Gasteiger partial charge in [-0.3, -0.25) is 0 Å². The number of anilines is 3. The number of hydrogen-bond donors (Lipinski definition) is 0. The minimum absolute atomic E-state index is 0.532. The Morgan fingerprint density at radius 1 is 0.659 bits per heavy atom. The highest BCUT2D eigenvalue weighted by Gasteiger charge is 2.14. The Kier molecular flexibility index (Phi) is 14.1. The van der Waals surface area contributed by atoms with Crippen molar-refractivity contribution >= 4 is 49.4 Å². The Bertz CT molecular complexity index is 1330. The van der Waals surface area contributed by atoms with Gasteiger partial charge in [-0.25, -0.2) is 0 Å². The fourth-order valence-electron chi connectivity index (χ4n) is 4.20. The van der Waals surface area contributed by atoms with Gasteiger partial charge in [0.25, 0.3) is 0 Å². The summed E-state index contributed by atoms with van der Waals surface area (Å²) in [6, 6.07) is 34.1. The van der Waals surface area contributed by atoms with Crippen molar-refractivity contribution in [2.24, 2.45) is 0 Å². The van der Waals surface area contributed by atoms with Crippen molar-refractivity contribution in [3.05, 3.63) is 125 Å². The van der Waals surface area contributed by atoms with Crippen LogP contribution in [-0.2, 0) is 19.5 Å². The largest absolute Gasteiger partial charge is 0.332 e. The molecule has 216 valence electrons. The van der Waals surface area contributed by atoms with E-state index in [1.54, 1.807) is 0 Å². The zero-order chi connectivity index (χ0) is 29.5. The molecule has 0 aliphatic rings. The van der Waals surface area contributed by atoms with Crippen LogP contribution in [0.3, 0.4) is 0 Å². The zero-order valence-corrected chi connectivity index (χ0v) is 26.4. The predicted octanol–water partition coefficient (Wildman–Crippen LogP) is 11.0. The van der Waals surface area contributed by atoms with E-state index < -0.39 is 8.60 Å². The molecule has 0 saturated carbocycles. The Labute approximate surface area is 252 Å². The third kappa shape index (κ3) is 10.4. The molecule has 4 aromatic carbocycles. The van der Waals surface area contributed by atoms with E-state index >= 15 is 0 Å². The Morgan fingerprint density at radius 3 is 1.85 bits per heavy atom. The number of nitrogens with zero attached hydrogens (tertiary/aromatic N) is 1. The summed E-state index contributed by atoms with van der Waals surface area (Å²) in [7, 11) is -1.06. The minimum Gasteiger partial charge on any atom is -0.313 e. The quantitative estimate of drug-likeness (QED) is 0.0934. The fraction of sp³-hybridized carbons (Fsp3) is 0.257. The van der Waals surface area contributed by atoms with E-state index in [-0.39, 0.29) is 0 Å². The molecular formula is C35H41ClNO3P. The maximum Gasteiger partial charge on any atom is 0.332 e. The van der Waals surface area contributed by atoms with Crippen LogP contribution >= 0.6 is 20.2 Å². The summed E-state index contributed by atoms with van der Waals surface area (Å²) in [6.45, 7) is 12.0. The fourth-order valence-corrected chi connectivity index (χ4v) is 5.22. The first-order valence-electron chi connectivity index (χ1n) is 14.0. The molecule has 0 aromatic heterocycles. The Morgan fingerprint density at radius 2 is 1.27 bits per heavy atom. The third-order valence-electron chi connectivity index (χ3n) is 6.04. The molecule has 0 amide bonds. The van der Waals surface area contributed by atoms with E-state index in [9.17, 15) is 0 Å². The van der Waals surface area contributed by atoms with Gasteiger partial charge in [-0.15, -0.1) is 11.6 Å². The first-order valence-corrected chi connectivity index (χ1v) is 15.7. The lowest BCUT2D eigenvalue weighted by molar-refractivity contribution is 0.176. The smallest absolute Gasteiger partial charge is 0.313 e. The maximum atomic E-state index is 5.96. The van der Waals surface area contributed by atoms with Crippen molar-refractivity contribution in [2.75, 3.05) is 24.7 Å². The van der Waals surface area contributed by atoms with E-state index in [2.05, 4.69) is 116 Å². The van der Waals surface area contributed by atoms with Crippen LogP contribution in [0.5, 0.6) is 0 Å². The van der Waals surface area contributed by atoms with E-state index in [1.165, 1.54) is 16.8 Å². The van der Waals surface area contributed by atoms with Gasteiger partial charge in [-0.05, 0) is 87.2 Å². The predicted molar refractivity (Wildman–Crippen MR) is 177 cm³/mol. The van der Waals surface area contributed by atoms with Gasteiger partial charge in [-0.2, -0.15) is 0 Å². The molecule has 0 atom stereocenters. The standard InChI is InChI=1S/C29H26ClN.C6H15O3P/c1-22-11-18-29(23(2)19-22)31(27-9-4-3-5-10-27)28-16-14-24(15-17-28)12-13-25-7-6-8-26(20-25)21-30;1-4-7-10(8-5-2)9-6-3/h3-20H,21H2,1-2H3;4-6H2,1-3H3/b13-12+;. The molecule has 0 radical (unpaired) electrons. The van der Waals surface area contributed by atoms with E-state index in [1.807, 2.05) is 32.9 Å². The highest BCUT2D eigenvalue weighted by molar-refractivity contribution is 7.41. The lowest BCUT2D eigenvalue weighted by Crippen LogP contribution is -2.11. The molecule has 0 spiro atoms. The van der Waals surface area contributed by atoms with Gasteiger partial charge >= 0.3 is 8.60 Å². The molecule has 41 heavy (non-hydrogen) atoms. The van der Waals surface area contributed by atoms with Crippen LogP contribution in [0, 0.1) is 13.8 Å². The summed E-state index contributed by atoms with van der Waals surface area (Å²) in [5.41, 5.74) is 9.45. The summed E-state index contributed by atoms with van der Waals surface area (Å²) in [5, 5.41) is 0. The van der Waals surface area contributed by atoms with Crippen LogP contribution < -0.4 is 4.90 Å². The van der Waals surface area contributed by atoms with Crippen molar-refractivity contribution in [2.45, 2.75) is 40.5 Å². The number of rotatable bonds is 12. The van der Waals surface area contributed by atoms with Crippen molar-refractivity contribution in [3.63, 3.8) is 0 Å². The van der Waals surface area contributed by atoms with Crippen LogP contribution in [0.4, 0.5) is 17.1 Å². The van der Waals surface area contributed by atoms with Gasteiger partial charge in [-0.1, -0.05) is 84.4 Å². The van der Waals surface area contributed by atoms with Crippen molar-refractivity contribution in [1.82, 2.24) is 0 Å². The van der Waals surface area contributed by atoms with Crippen LogP contribution in [0.15, 0.2) is 97.1 Å². The lowest BCUT2D eigenvalue weighted by Gasteiger charge is -2.27. The van der Waals surface area contributed by atoms with E-state index in [0.717, 1.165) is 28.1 Å². The van der Waals surface area contributed by atoms with Crippen molar-refractivity contribution in [3.8, 4) is 0 Å². The second-order valence-electron chi connectivity index (χ2n) is 9.24. The Balaban J connectivity index is 0.000000397. The molecule has 4 rings (SSSR count). The molecule has 0 N–H and O–H groups in total. The monoisotopic (exact) mass is 589 g/mol. The molecule has 0 aliphatic carbocycles. The molecule has 0 fully saturated rings. The molecule has 0 aliphatic heterocycles. The van der Waals surface area contributed by atoms with Gasteiger partial charge in [0, 0.05) is 22.9 Å². The first kappa shape index (κ1) is 32.5. The normalized spacial score (nSPS) is 11.0. The second-order valence-corrected chi connectivity index (χ2v) is 10.7. The van der Waals surface area contributed by atoms with Gasteiger partial charge < -0.3 is 18.5 Å². The number of aryl methyl sites for hydroxylation is 2. The van der Waals surface area contributed by atoms with Crippen molar-refractivity contribution in [1.29, 1.82) is 0 Å². The van der Waals surface area contributed by atoms with Gasteiger partial charge in [0.05, 0.1) is 19.8 Å². The second kappa shape index (κ2) is 17.7. The molecule has 0 bridgehead atoms. The molecular weight excluding hydrogens is 549 g/mol. The summed E-state index contributed by atoms with van der Waals surface area (Å²) >= 11 is 5.96. The number of benzene rings is 4. The summed E-state index contributed by atoms with van der Waals surface area (Å²) in [6.07, 6.45) is 4.27. The number of halogens is 1. The van der Waals surface area contributed by atoms with E-state index in [4.69, 9.17) is 25.2 Å². The average Bonchev–Trinajstić information content (AvgIpc) is 2.99. The van der Waals surface area contributed by atoms with E-state index in [0.29, 0.717) is 25.7 Å². The van der Waals surface area contributed by atoms with Gasteiger partial charge in [0.1, 0.15) is 0 Å². The van der Waals surface area contributed by atoms with Gasteiger partial charge in [0.15, 0.2) is 0 Å². The van der Waals surface area contributed by atoms with Crippen LogP contribution in [0.25, 0.3) is 12.2 Å². The van der Waals surface area contributed by atoms with Gasteiger partial charge in [0.2, 0.25) is 0 Å². The van der Waals surface area contributed by atoms with Crippen LogP contribution in [-0.4, -0.2) is 19.8 Å². The highest BCUT2D eigenvalue weighted by Crippen LogP contribution is 2.39. The summed E-state index contributed by atoms with van der Waals surface area (Å²) in [4.78, 5) is 2.31. The molecule has 6 heteroatoms. The average molecular weight is 590 g/mol. The topological polar surface area (TPSA) is 30.9 Å². The lowest BCUT2D eigenvalue weighted by atomic mass is 10.1. The number of hydrogen-bond acceptors (Lipinski definition) is 4. The molecule has 0 unspecified atom stereocenters. The molecule has 4 nitrogen and oxygen atoms in total. The first-order chi connectivity index (χ1) is 20.0. The summed E-state index contributed by atoms with van der Waals surface area (Å²) < 4.78 is 15.4. The van der Waals surface area contributed by atoms with Crippen molar-refractivity contribution < 1.29 is 13.6 Å². The highest BCUT2D eigenvalue weighted by atomic mass is 35.5. The maximum absolute atomic E-state index is 5.96. The molecule has 0 saturated heterocycles. The number of alkyl halides is 1. The third-order valence-corrected chi connectivity index (χ3v) is 7.75.